The van der Waals surface area contributed by atoms with Gasteiger partial charge >= 0.3 is 11.7 Å². The second-order valence-corrected chi connectivity index (χ2v) is 6.84. The van der Waals surface area contributed by atoms with Crippen molar-refractivity contribution >= 4 is 32.8 Å². The zero-order chi connectivity index (χ0) is 19.0. The van der Waals surface area contributed by atoms with E-state index in [0.29, 0.717) is 0 Å². The Balaban J connectivity index is 2.25. The molecule has 1 atom stereocenters. The number of carbonyl (C=O) groups is 1. The van der Waals surface area contributed by atoms with Crippen LogP contribution in [0.1, 0.15) is 24.0 Å². The fourth-order valence-electron chi connectivity index (χ4n) is 2.77. The molecule has 0 bridgehead atoms. The summed E-state index contributed by atoms with van der Waals surface area (Å²) in [5, 5.41) is 9.25. The molecule has 1 heterocycles. The minimum Gasteiger partial charge on any atom is -0.481 e. The predicted octanol–water partition coefficient (Wildman–Crippen LogP) is 2.83. The predicted molar refractivity (Wildman–Crippen MR) is 98.1 cm³/mol. The normalized spacial score (nSPS) is 12.3. The number of aromatic amines is 1. The van der Waals surface area contributed by atoms with Crippen LogP contribution >= 0.6 is 15.9 Å². The molecule has 0 radical (unpaired) electrons. The second kappa shape index (κ2) is 6.87. The fourth-order valence-corrected chi connectivity index (χ4v) is 3.03. The number of nitrogens with zero attached hydrogens (tertiary/aromatic N) is 1. The highest BCUT2D eigenvalue weighted by atomic mass is 79.9. The average Bonchev–Trinajstić information content (AvgIpc) is 2.58. The first-order valence-electron chi connectivity index (χ1n) is 7.71. The van der Waals surface area contributed by atoms with Crippen LogP contribution in [0.5, 0.6) is 0 Å². The van der Waals surface area contributed by atoms with Crippen molar-refractivity contribution < 1.29 is 14.3 Å². The van der Waals surface area contributed by atoms with E-state index in [-0.39, 0.29) is 23.0 Å². The Labute approximate surface area is 155 Å². The number of aromatic nitrogens is 2. The number of nitrogens with one attached hydrogen (secondary N) is 1. The van der Waals surface area contributed by atoms with Crippen LogP contribution in [0.2, 0.25) is 0 Å². The summed E-state index contributed by atoms with van der Waals surface area (Å²) in [4.78, 5) is 39.0. The standard InChI is InChI=1S/C18H14BrFN2O4/c1-9(17(24)25)13-6-12(20)7-14-15(13)16(23)22(18(26)21-14)8-10-2-4-11(19)5-3-10/h2-7,9H,8H2,1H3,(H,21,26)(H,24,25). The van der Waals surface area contributed by atoms with Gasteiger partial charge in [-0.15, -0.1) is 0 Å². The van der Waals surface area contributed by atoms with Crippen LogP contribution < -0.4 is 11.2 Å². The number of carboxylic acid groups (broad SMARTS) is 1. The van der Waals surface area contributed by atoms with Crippen molar-refractivity contribution in [3.05, 3.63) is 78.7 Å². The van der Waals surface area contributed by atoms with E-state index in [9.17, 15) is 23.9 Å². The van der Waals surface area contributed by atoms with E-state index in [2.05, 4.69) is 20.9 Å². The number of hydrogen-bond donors (Lipinski definition) is 2. The first-order chi connectivity index (χ1) is 12.3. The molecule has 2 N–H and O–H groups in total. The quantitative estimate of drug-likeness (QED) is 0.678. The zero-order valence-electron chi connectivity index (χ0n) is 13.6. The highest BCUT2D eigenvalue weighted by Crippen LogP contribution is 2.23. The Morgan fingerprint density at radius 3 is 2.54 bits per heavy atom. The monoisotopic (exact) mass is 420 g/mol. The van der Waals surface area contributed by atoms with Gasteiger partial charge in [-0.2, -0.15) is 0 Å². The number of halogens is 2. The van der Waals surface area contributed by atoms with Crippen LogP contribution in [-0.4, -0.2) is 20.6 Å². The number of rotatable bonds is 4. The van der Waals surface area contributed by atoms with Gasteiger partial charge in [0.2, 0.25) is 0 Å². The minimum atomic E-state index is -1.19. The molecule has 0 saturated carbocycles. The first-order valence-corrected chi connectivity index (χ1v) is 8.50. The summed E-state index contributed by atoms with van der Waals surface area (Å²) < 4.78 is 15.7. The van der Waals surface area contributed by atoms with Crippen molar-refractivity contribution in [2.24, 2.45) is 0 Å². The van der Waals surface area contributed by atoms with Crippen molar-refractivity contribution in [1.82, 2.24) is 9.55 Å². The fraction of sp³-hybridized carbons (Fsp3) is 0.167. The molecule has 3 aromatic rings. The SMILES string of the molecule is CC(C(=O)O)c1cc(F)cc2[nH]c(=O)n(Cc3ccc(Br)cc3)c(=O)c12. The van der Waals surface area contributed by atoms with Gasteiger partial charge in [0.25, 0.3) is 5.56 Å². The number of aliphatic carboxylic acids is 1. The van der Waals surface area contributed by atoms with Gasteiger partial charge in [0.05, 0.1) is 23.4 Å². The Bertz CT molecular complexity index is 1120. The Kier molecular flexibility index (Phi) is 4.78. The topological polar surface area (TPSA) is 92.2 Å². The summed E-state index contributed by atoms with van der Waals surface area (Å²) in [7, 11) is 0. The molecule has 3 rings (SSSR count). The van der Waals surface area contributed by atoms with Crippen molar-refractivity contribution in [2.75, 3.05) is 0 Å². The maximum absolute atomic E-state index is 13.8. The van der Waals surface area contributed by atoms with Gasteiger partial charge in [0.1, 0.15) is 5.82 Å². The molecule has 0 aliphatic rings. The maximum Gasteiger partial charge on any atom is 0.329 e. The number of fused-ring (bicyclic) bond motifs is 1. The number of hydrogen-bond acceptors (Lipinski definition) is 3. The summed E-state index contributed by atoms with van der Waals surface area (Å²) in [6.45, 7) is 1.37. The van der Waals surface area contributed by atoms with Gasteiger partial charge in [0, 0.05) is 4.47 Å². The minimum absolute atomic E-state index is 0.00184. The Morgan fingerprint density at radius 1 is 1.27 bits per heavy atom. The lowest BCUT2D eigenvalue weighted by molar-refractivity contribution is -0.138. The molecule has 0 fully saturated rings. The van der Waals surface area contributed by atoms with E-state index >= 15 is 0 Å². The molecule has 1 aromatic heterocycles. The molecule has 0 spiro atoms. The van der Waals surface area contributed by atoms with Gasteiger partial charge in [-0.05, 0) is 42.3 Å². The summed E-state index contributed by atoms with van der Waals surface area (Å²) in [6.07, 6.45) is 0. The Morgan fingerprint density at radius 2 is 1.92 bits per heavy atom. The van der Waals surface area contributed by atoms with Gasteiger partial charge in [0.15, 0.2) is 0 Å². The third kappa shape index (κ3) is 3.32. The molecule has 0 aliphatic carbocycles. The molecule has 0 saturated heterocycles. The third-order valence-corrected chi connectivity index (χ3v) is 4.70. The van der Waals surface area contributed by atoms with Crippen LogP contribution in [0.3, 0.4) is 0 Å². The lowest BCUT2D eigenvalue weighted by atomic mass is 9.97. The van der Waals surface area contributed by atoms with Crippen molar-refractivity contribution in [2.45, 2.75) is 19.4 Å². The molecule has 6 nitrogen and oxygen atoms in total. The van der Waals surface area contributed by atoms with Gasteiger partial charge < -0.3 is 10.1 Å². The van der Waals surface area contributed by atoms with Gasteiger partial charge in [-0.3, -0.25) is 14.2 Å². The van der Waals surface area contributed by atoms with Crippen LogP contribution in [0.15, 0.2) is 50.5 Å². The van der Waals surface area contributed by atoms with E-state index in [1.165, 1.54) is 6.92 Å². The van der Waals surface area contributed by atoms with E-state index in [1.807, 2.05) is 0 Å². The lowest BCUT2D eigenvalue weighted by Gasteiger charge is -2.13. The number of benzene rings is 2. The molecule has 0 aliphatic heterocycles. The van der Waals surface area contributed by atoms with Crippen LogP contribution in [-0.2, 0) is 11.3 Å². The first kappa shape index (κ1) is 18.1. The molecule has 26 heavy (non-hydrogen) atoms. The molecule has 1 unspecified atom stereocenters. The van der Waals surface area contributed by atoms with Crippen LogP contribution in [0, 0.1) is 5.82 Å². The summed E-state index contributed by atoms with van der Waals surface area (Å²) in [6, 6.07) is 9.11. The molecule has 2 aromatic carbocycles. The highest BCUT2D eigenvalue weighted by molar-refractivity contribution is 9.10. The van der Waals surface area contributed by atoms with Gasteiger partial charge in [-0.25, -0.2) is 9.18 Å². The van der Waals surface area contributed by atoms with Crippen LogP contribution in [0.4, 0.5) is 4.39 Å². The number of carboxylic acids is 1. The number of H-pyrrole nitrogens is 1. The summed E-state index contributed by atoms with van der Waals surface area (Å²) >= 11 is 3.31. The second-order valence-electron chi connectivity index (χ2n) is 5.93. The molecular weight excluding hydrogens is 407 g/mol. The smallest absolute Gasteiger partial charge is 0.329 e. The lowest BCUT2D eigenvalue weighted by Crippen LogP contribution is -2.36. The third-order valence-electron chi connectivity index (χ3n) is 4.17. The maximum atomic E-state index is 13.8. The molecule has 134 valence electrons. The molecule has 8 heteroatoms. The summed E-state index contributed by atoms with van der Waals surface area (Å²) in [5.74, 6) is -3.02. The van der Waals surface area contributed by atoms with E-state index in [0.717, 1.165) is 26.7 Å². The van der Waals surface area contributed by atoms with Crippen molar-refractivity contribution in [1.29, 1.82) is 0 Å². The van der Waals surface area contributed by atoms with E-state index in [1.54, 1.807) is 24.3 Å². The highest BCUT2D eigenvalue weighted by Gasteiger charge is 2.21. The molecular formula is C18H14BrFN2O4. The van der Waals surface area contributed by atoms with Crippen molar-refractivity contribution in [3.63, 3.8) is 0 Å². The van der Waals surface area contributed by atoms with E-state index < -0.39 is 29.0 Å². The molecule has 0 amide bonds. The largest absolute Gasteiger partial charge is 0.481 e. The van der Waals surface area contributed by atoms with Crippen LogP contribution in [0.25, 0.3) is 10.9 Å². The van der Waals surface area contributed by atoms with Crippen molar-refractivity contribution in [3.8, 4) is 0 Å². The van der Waals surface area contributed by atoms with Gasteiger partial charge in [-0.1, -0.05) is 28.1 Å². The zero-order valence-corrected chi connectivity index (χ0v) is 15.2. The average molecular weight is 421 g/mol. The Hall–Kier alpha value is -2.74. The van der Waals surface area contributed by atoms with E-state index in [4.69, 9.17) is 0 Å². The summed E-state index contributed by atoms with van der Waals surface area (Å²) in [5.41, 5.74) is -0.622.